The third kappa shape index (κ3) is 5.83. The van der Waals surface area contributed by atoms with Crippen LogP contribution in [-0.2, 0) is 24.2 Å². The molecule has 1 atom stereocenters. The third-order valence-corrected chi connectivity index (χ3v) is 9.51. The number of amides is 1. The van der Waals surface area contributed by atoms with Crippen LogP contribution >= 0.6 is 0 Å². The van der Waals surface area contributed by atoms with Crippen LogP contribution in [0.4, 0.5) is 14.6 Å². The van der Waals surface area contributed by atoms with E-state index in [0.29, 0.717) is 5.56 Å². The smallest absolute Gasteiger partial charge is 0.355 e. The lowest BCUT2D eigenvalue weighted by atomic mass is 9.95. The number of halogens is 2. The molecule has 0 unspecified atom stereocenters. The lowest BCUT2D eigenvalue weighted by Gasteiger charge is -2.40. The quantitative estimate of drug-likeness (QED) is 0.162. The van der Waals surface area contributed by atoms with Crippen LogP contribution in [0.2, 0.25) is 0 Å². The van der Waals surface area contributed by atoms with E-state index < -0.39 is 50.4 Å². The summed E-state index contributed by atoms with van der Waals surface area (Å²) in [6.07, 6.45) is 2.20. The molecule has 1 amide bonds. The van der Waals surface area contributed by atoms with E-state index in [9.17, 15) is 22.8 Å². The number of nitrogens with zero attached hydrogens (tertiary/aromatic N) is 5. The second kappa shape index (κ2) is 12.5. The molecule has 4 heterocycles. The molecule has 2 aromatic carbocycles. The third-order valence-electron chi connectivity index (χ3n) is 8.38. The maximum atomic E-state index is 16.3. The molecule has 0 spiro atoms. The van der Waals surface area contributed by atoms with Gasteiger partial charge in [0.15, 0.2) is 21.3 Å². The van der Waals surface area contributed by atoms with Crippen LogP contribution in [0.5, 0.6) is 5.75 Å². The molecule has 0 radical (unpaired) electrons. The van der Waals surface area contributed by atoms with Crippen molar-refractivity contribution in [3.8, 4) is 22.7 Å². The molecule has 250 valence electrons. The number of anilines is 1. The average Bonchev–Trinajstić information content (AvgIpc) is 2.99. The summed E-state index contributed by atoms with van der Waals surface area (Å²) >= 11 is 0. The number of sulfone groups is 1. The van der Waals surface area contributed by atoms with E-state index in [1.807, 2.05) is 0 Å². The van der Waals surface area contributed by atoms with Crippen LogP contribution in [0.25, 0.3) is 28.0 Å². The SMILES string of the molecule is C=CC(=O)N1CCN(c2nc(=O)n(-c3c(C4COC4)cccc3S(C)(=O)=O)c3nc(-c4c(F)cccc4OC(C)=O)c(F)cc23)[C@@H](C)C1. The van der Waals surface area contributed by atoms with Crippen LogP contribution in [0.1, 0.15) is 25.3 Å². The number of aromatic nitrogens is 3. The second-order valence-corrected chi connectivity index (χ2v) is 13.7. The van der Waals surface area contributed by atoms with Crippen LogP contribution in [0.15, 0.2) is 64.8 Å². The number of ether oxygens (including phenoxy) is 2. The number of pyridine rings is 1. The van der Waals surface area contributed by atoms with Gasteiger partial charge in [0, 0.05) is 44.8 Å². The van der Waals surface area contributed by atoms with Gasteiger partial charge in [0.1, 0.15) is 23.1 Å². The van der Waals surface area contributed by atoms with Gasteiger partial charge in [-0.3, -0.25) is 9.59 Å². The van der Waals surface area contributed by atoms with Crippen molar-refractivity contribution in [1.82, 2.24) is 19.4 Å². The summed E-state index contributed by atoms with van der Waals surface area (Å²) in [6.45, 7) is 7.67. The first-order chi connectivity index (χ1) is 22.8. The molecule has 2 saturated heterocycles. The van der Waals surface area contributed by atoms with Crippen LogP contribution in [0, 0.1) is 11.6 Å². The Morgan fingerprint density at radius 1 is 1.08 bits per heavy atom. The number of piperazine rings is 1. The molecule has 2 fully saturated rings. The number of hydrogen-bond acceptors (Lipinski definition) is 10. The van der Waals surface area contributed by atoms with Gasteiger partial charge in [-0.15, -0.1) is 0 Å². The number of fused-ring (bicyclic) bond motifs is 1. The van der Waals surface area contributed by atoms with Crippen LogP contribution < -0.4 is 15.3 Å². The van der Waals surface area contributed by atoms with E-state index in [-0.39, 0.29) is 77.9 Å². The topological polar surface area (TPSA) is 141 Å². The highest BCUT2D eigenvalue weighted by Crippen LogP contribution is 2.39. The highest BCUT2D eigenvalue weighted by Gasteiger charge is 2.33. The van der Waals surface area contributed by atoms with Gasteiger partial charge in [0.2, 0.25) is 5.91 Å². The Morgan fingerprint density at radius 3 is 2.44 bits per heavy atom. The fourth-order valence-electron chi connectivity index (χ4n) is 6.10. The van der Waals surface area contributed by atoms with Crippen LogP contribution in [-0.4, -0.2) is 84.9 Å². The van der Waals surface area contributed by atoms with E-state index in [4.69, 9.17) is 9.47 Å². The predicted octanol–water partition coefficient (Wildman–Crippen LogP) is 3.39. The molecule has 0 N–H and O–H groups in total. The van der Waals surface area contributed by atoms with Gasteiger partial charge in [0.05, 0.1) is 34.7 Å². The molecule has 48 heavy (non-hydrogen) atoms. The largest absolute Gasteiger partial charge is 0.426 e. The molecule has 6 rings (SSSR count). The Bertz CT molecular complexity index is 2170. The van der Waals surface area contributed by atoms with Crippen molar-refractivity contribution >= 4 is 38.6 Å². The monoisotopic (exact) mass is 679 g/mol. The second-order valence-electron chi connectivity index (χ2n) is 11.7. The van der Waals surface area contributed by atoms with Crippen molar-refractivity contribution in [2.75, 3.05) is 44.0 Å². The Kier molecular flexibility index (Phi) is 8.60. The molecule has 2 aliphatic rings. The molecule has 2 aliphatic heterocycles. The van der Waals surface area contributed by atoms with Gasteiger partial charge in [-0.25, -0.2) is 31.5 Å². The van der Waals surface area contributed by atoms with Crippen molar-refractivity contribution in [1.29, 1.82) is 0 Å². The first-order valence-corrected chi connectivity index (χ1v) is 16.9. The standard InChI is InChI=1S/C33H31F2N5O7S/c1-5-27(42)38-12-13-39(18(2)15-38)31-22-14-24(35)29(28-23(34)9-7-10-25(28)47-19(3)41)36-32(22)40(33(43)37-31)30-21(20-16-46-17-20)8-6-11-26(30)48(4,44)45/h5-11,14,18,20H,1,12-13,15-17H2,2-4H3/t18-/m0/s1. The summed E-state index contributed by atoms with van der Waals surface area (Å²) in [7, 11) is -3.96. The number of benzene rings is 2. The van der Waals surface area contributed by atoms with Gasteiger partial charge in [-0.05, 0) is 42.8 Å². The van der Waals surface area contributed by atoms with E-state index in [2.05, 4.69) is 16.5 Å². The number of hydrogen-bond donors (Lipinski definition) is 0. The maximum Gasteiger partial charge on any atom is 0.355 e. The highest BCUT2D eigenvalue weighted by molar-refractivity contribution is 7.90. The van der Waals surface area contributed by atoms with Crippen molar-refractivity contribution in [2.24, 2.45) is 0 Å². The molecular formula is C33H31F2N5O7S. The fourth-order valence-corrected chi connectivity index (χ4v) is 6.99. The van der Waals surface area contributed by atoms with Gasteiger partial charge in [-0.2, -0.15) is 4.98 Å². The summed E-state index contributed by atoms with van der Waals surface area (Å²) < 4.78 is 69.6. The first kappa shape index (κ1) is 32.9. The van der Waals surface area contributed by atoms with Crippen molar-refractivity contribution in [3.05, 3.63) is 82.8 Å². The Hall–Kier alpha value is -5.02. The molecule has 2 aromatic heterocycles. The number of para-hydroxylation sites is 1. The van der Waals surface area contributed by atoms with Crippen molar-refractivity contribution in [2.45, 2.75) is 30.7 Å². The summed E-state index contributed by atoms with van der Waals surface area (Å²) in [5, 5.41) is 0.0238. The van der Waals surface area contributed by atoms with Gasteiger partial charge in [-0.1, -0.05) is 24.8 Å². The van der Waals surface area contributed by atoms with Gasteiger partial charge < -0.3 is 19.3 Å². The summed E-state index contributed by atoms with van der Waals surface area (Å²) in [4.78, 5) is 50.4. The zero-order valence-electron chi connectivity index (χ0n) is 26.3. The summed E-state index contributed by atoms with van der Waals surface area (Å²) in [5.41, 5.74) is -1.76. The fraction of sp³-hybridized carbons (Fsp3) is 0.303. The van der Waals surface area contributed by atoms with Gasteiger partial charge in [0.25, 0.3) is 0 Å². The lowest BCUT2D eigenvalue weighted by molar-refractivity contribution is -0.132. The number of carbonyl (C=O) groups excluding carboxylic acids is 2. The predicted molar refractivity (Wildman–Crippen MR) is 172 cm³/mol. The lowest BCUT2D eigenvalue weighted by Crippen LogP contribution is -2.54. The van der Waals surface area contributed by atoms with Gasteiger partial charge >= 0.3 is 11.7 Å². The minimum atomic E-state index is -3.96. The number of rotatable bonds is 7. The molecular weight excluding hydrogens is 648 g/mol. The highest BCUT2D eigenvalue weighted by atomic mass is 32.2. The molecule has 0 aliphatic carbocycles. The number of esters is 1. The molecule has 12 nitrogen and oxygen atoms in total. The first-order valence-electron chi connectivity index (χ1n) is 15.0. The zero-order chi connectivity index (χ0) is 34.5. The minimum absolute atomic E-state index is 0.0238. The van der Waals surface area contributed by atoms with E-state index >= 15 is 8.78 Å². The van der Waals surface area contributed by atoms with E-state index in [1.54, 1.807) is 28.9 Å². The average molecular weight is 680 g/mol. The van der Waals surface area contributed by atoms with Crippen molar-refractivity contribution in [3.63, 3.8) is 0 Å². The molecule has 4 aromatic rings. The Balaban J connectivity index is 1.70. The maximum absolute atomic E-state index is 16.3. The van der Waals surface area contributed by atoms with E-state index in [1.165, 1.54) is 24.3 Å². The summed E-state index contributed by atoms with van der Waals surface area (Å²) in [5.74, 6) is -3.58. The molecule has 15 heteroatoms. The van der Waals surface area contributed by atoms with E-state index in [0.717, 1.165) is 29.9 Å². The summed E-state index contributed by atoms with van der Waals surface area (Å²) in [6, 6.07) is 8.80. The Labute approximate surface area is 274 Å². The molecule has 0 saturated carbocycles. The van der Waals surface area contributed by atoms with Crippen LogP contribution in [0.3, 0.4) is 0 Å². The minimum Gasteiger partial charge on any atom is -0.426 e. The Morgan fingerprint density at radius 2 is 1.81 bits per heavy atom. The molecule has 0 bridgehead atoms. The zero-order valence-corrected chi connectivity index (χ0v) is 27.1. The number of carbonyl (C=O) groups is 2. The normalized spacial score (nSPS) is 16.9. The van der Waals surface area contributed by atoms with Crippen molar-refractivity contribution < 1.29 is 36.3 Å².